The molecule has 0 saturated heterocycles. The SMILES string of the molecule is CCN1C(=Cc2cc(C)[n+](C3CCCCC3)c(C)c2)Sc2ccccc21. The number of nitrogens with zero attached hydrogens (tertiary/aromatic N) is 2. The number of aromatic nitrogens is 1. The molecule has 0 spiro atoms. The summed E-state index contributed by atoms with van der Waals surface area (Å²) in [5.41, 5.74) is 5.45. The van der Waals surface area contributed by atoms with Gasteiger partial charge in [0.25, 0.3) is 0 Å². The highest BCUT2D eigenvalue weighted by molar-refractivity contribution is 8.03. The third-order valence-electron chi connectivity index (χ3n) is 5.69. The zero-order valence-electron chi connectivity index (χ0n) is 16.2. The Labute approximate surface area is 161 Å². The van der Waals surface area contributed by atoms with Crippen molar-refractivity contribution < 1.29 is 4.57 Å². The van der Waals surface area contributed by atoms with Gasteiger partial charge in [0, 0.05) is 50.3 Å². The molecule has 26 heavy (non-hydrogen) atoms. The van der Waals surface area contributed by atoms with Gasteiger partial charge in [-0.1, -0.05) is 30.3 Å². The van der Waals surface area contributed by atoms with Gasteiger partial charge in [0.15, 0.2) is 17.4 Å². The third kappa shape index (κ3) is 3.29. The van der Waals surface area contributed by atoms with E-state index in [4.69, 9.17) is 0 Å². The maximum atomic E-state index is 2.58. The standard InChI is InChI=1S/C23H29N2S/c1-4-24-21-12-8-9-13-22(21)26-23(24)16-19-14-17(2)25(18(3)15-19)20-10-6-5-7-11-20/h8-9,12-16,20H,4-7,10-11H2,1-3H3/q+1. The first-order valence-corrected chi connectivity index (χ1v) is 10.8. The van der Waals surface area contributed by atoms with Crippen molar-refractivity contribution in [3.8, 4) is 0 Å². The molecule has 1 saturated carbocycles. The summed E-state index contributed by atoms with van der Waals surface area (Å²) in [7, 11) is 0. The summed E-state index contributed by atoms with van der Waals surface area (Å²) < 4.78 is 2.58. The van der Waals surface area contributed by atoms with Crippen LogP contribution in [0, 0.1) is 13.8 Å². The van der Waals surface area contributed by atoms with Gasteiger partial charge < -0.3 is 4.90 Å². The second-order valence-electron chi connectivity index (χ2n) is 7.53. The fraction of sp³-hybridized carbons (Fsp3) is 0.435. The van der Waals surface area contributed by atoms with Crippen LogP contribution < -0.4 is 9.47 Å². The minimum absolute atomic E-state index is 0.697. The average Bonchev–Trinajstić information content (AvgIpc) is 2.99. The number of fused-ring (bicyclic) bond motifs is 1. The van der Waals surface area contributed by atoms with Crippen molar-refractivity contribution in [2.75, 3.05) is 11.4 Å². The molecular weight excluding hydrogens is 336 g/mol. The lowest BCUT2D eigenvalue weighted by Crippen LogP contribution is -2.46. The molecule has 0 N–H and O–H groups in total. The molecule has 2 aromatic rings. The Kier molecular flexibility index (Phi) is 5.08. The maximum absolute atomic E-state index is 2.58. The molecule has 4 rings (SSSR count). The van der Waals surface area contributed by atoms with E-state index in [2.05, 4.69) is 72.7 Å². The second kappa shape index (κ2) is 7.48. The van der Waals surface area contributed by atoms with Gasteiger partial charge in [-0.25, -0.2) is 0 Å². The van der Waals surface area contributed by atoms with Gasteiger partial charge in [-0.2, -0.15) is 4.57 Å². The molecule has 0 unspecified atom stereocenters. The number of para-hydroxylation sites is 1. The molecular formula is C23H29N2S+. The molecule has 2 aliphatic rings. The van der Waals surface area contributed by atoms with Crippen LogP contribution in [0.1, 0.15) is 62.0 Å². The number of aryl methyl sites for hydroxylation is 2. The number of hydrogen-bond donors (Lipinski definition) is 0. The number of hydrogen-bond acceptors (Lipinski definition) is 2. The van der Waals surface area contributed by atoms with E-state index >= 15 is 0 Å². The smallest absolute Gasteiger partial charge is 0.179 e. The van der Waals surface area contributed by atoms with E-state index in [0.717, 1.165) is 6.54 Å². The summed E-state index contributed by atoms with van der Waals surface area (Å²) in [6, 6.07) is 14.1. The zero-order chi connectivity index (χ0) is 18.1. The lowest BCUT2D eigenvalue weighted by Gasteiger charge is -2.21. The van der Waals surface area contributed by atoms with Gasteiger partial charge in [0.2, 0.25) is 0 Å². The Morgan fingerprint density at radius 1 is 1.08 bits per heavy atom. The highest BCUT2D eigenvalue weighted by atomic mass is 32.2. The summed E-state index contributed by atoms with van der Waals surface area (Å²) >= 11 is 1.89. The monoisotopic (exact) mass is 365 g/mol. The molecule has 0 atom stereocenters. The van der Waals surface area contributed by atoms with Gasteiger partial charge in [-0.15, -0.1) is 0 Å². The summed E-state index contributed by atoms with van der Waals surface area (Å²) in [4.78, 5) is 3.79. The molecule has 1 fully saturated rings. The molecule has 1 aromatic carbocycles. The van der Waals surface area contributed by atoms with Crippen LogP contribution in [0.15, 0.2) is 46.3 Å². The van der Waals surface area contributed by atoms with E-state index in [-0.39, 0.29) is 0 Å². The fourth-order valence-electron chi connectivity index (χ4n) is 4.57. The van der Waals surface area contributed by atoms with Crippen LogP contribution in [-0.4, -0.2) is 6.54 Å². The number of pyridine rings is 1. The molecule has 2 heterocycles. The Morgan fingerprint density at radius 2 is 1.77 bits per heavy atom. The van der Waals surface area contributed by atoms with Gasteiger partial charge in [-0.3, -0.25) is 0 Å². The number of thioether (sulfide) groups is 1. The molecule has 1 aromatic heterocycles. The second-order valence-corrected chi connectivity index (χ2v) is 8.59. The van der Waals surface area contributed by atoms with Crippen molar-refractivity contribution in [3.63, 3.8) is 0 Å². The molecule has 0 amide bonds. The first kappa shape index (κ1) is 17.7. The minimum atomic E-state index is 0.697. The molecule has 136 valence electrons. The lowest BCUT2D eigenvalue weighted by molar-refractivity contribution is -0.736. The fourth-order valence-corrected chi connectivity index (χ4v) is 5.76. The van der Waals surface area contributed by atoms with Crippen LogP contribution >= 0.6 is 11.8 Å². The quantitative estimate of drug-likeness (QED) is 0.613. The first-order valence-electron chi connectivity index (χ1n) is 9.96. The Balaban J connectivity index is 1.66. The highest BCUT2D eigenvalue weighted by Gasteiger charge is 2.27. The Hall–Kier alpha value is -1.74. The van der Waals surface area contributed by atoms with E-state index < -0.39 is 0 Å². The van der Waals surface area contributed by atoms with E-state index in [1.165, 1.54) is 64.7 Å². The maximum Gasteiger partial charge on any atom is 0.179 e. The highest BCUT2D eigenvalue weighted by Crippen LogP contribution is 2.46. The molecule has 0 radical (unpaired) electrons. The van der Waals surface area contributed by atoms with E-state index in [1.807, 2.05) is 11.8 Å². The van der Waals surface area contributed by atoms with Gasteiger partial charge >= 0.3 is 0 Å². The lowest BCUT2D eigenvalue weighted by atomic mass is 9.94. The predicted molar refractivity (Wildman–Crippen MR) is 112 cm³/mol. The van der Waals surface area contributed by atoms with Crippen molar-refractivity contribution in [3.05, 3.63) is 58.4 Å². The first-order chi connectivity index (χ1) is 12.7. The topological polar surface area (TPSA) is 7.12 Å². The van der Waals surface area contributed by atoms with E-state index in [1.54, 1.807) is 0 Å². The van der Waals surface area contributed by atoms with Crippen LogP contribution in [0.5, 0.6) is 0 Å². The summed E-state index contributed by atoms with van der Waals surface area (Å²) in [6.45, 7) is 7.78. The van der Waals surface area contributed by atoms with E-state index in [0.29, 0.717) is 6.04 Å². The number of anilines is 1. The average molecular weight is 366 g/mol. The van der Waals surface area contributed by atoms with Gasteiger partial charge in [-0.05, 0) is 43.5 Å². The molecule has 3 heteroatoms. The summed E-state index contributed by atoms with van der Waals surface area (Å²) in [5, 5.41) is 1.34. The Bertz CT molecular complexity index is 811. The van der Waals surface area contributed by atoms with Crippen LogP contribution in [0.3, 0.4) is 0 Å². The summed E-state index contributed by atoms with van der Waals surface area (Å²) in [6.07, 6.45) is 9.19. The molecule has 1 aliphatic heterocycles. The summed E-state index contributed by atoms with van der Waals surface area (Å²) in [5.74, 6) is 0. The normalized spacial score (nSPS) is 19.2. The third-order valence-corrected chi connectivity index (χ3v) is 6.81. The van der Waals surface area contributed by atoms with Crippen molar-refractivity contribution in [1.82, 2.24) is 0 Å². The Morgan fingerprint density at radius 3 is 2.46 bits per heavy atom. The van der Waals surface area contributed by atoms with Crippen molar-refractivity contribution in [2.45, 2.75) is 63.8 Å². The minimum Gasteiger partial charge on any atom is -0.335 e. The van der Waals surface area contributed by atoms with Gasteiger partial charge in [0.05, 0.1) is 10.7 Å². The van der Waals surface area contributed by atoms with Gasteiger partial charge in [0.1, 0.15) is 0 Å². The van der Waals surface area contributed by atoms with E-state index in [9.17, 15) is 0 Å². The van der Waals surface area contributed by atoms with Crippen LogP contribution in [0.25, 0.3) is 6.08 Å². The van der Waals surface area contributed by atoms with Crippen molar-refractivity contribution >= 4 is 23.5 Å². The van der Waals surface area contributed by atoms with Crippen molar-refractivity contribution in [2.24, 2.45) is 0 Å². The van der Waals surface area contributed by atoms with Crippen LogP contribution in [0.2, 0.25) is 0 Å². The van der Waals surface area contributed by atoms with Crippen molar-refractivity contribution in [1.29, 1.82) is 0 Å². The molecule has 1 aliphatic carbocycles. The predicted octanol–water partition coefficient (Wildman–Crippen LogP) is 6.03. The molecule has 2 nitrogen and oxygen atoms in total. The molecule has 0 bridgehead atoms. The zero-order valence-corrected chi connectivity index (χ0v) is 17.0. The largest absolute Gasteiger partial charge is 0.335 e. The van der Waals surface area contributed by atoms with Crippen LogP contribution in [-0.2, 0) is 0 Å². The van der Waals surface area contributed by atoms with Crippen LogP contribution in [0.4, 0.5) is 5.69 Å². The number of rotatable bonds is 3. The number of benzene rings is 1.